The van der Waals surface area contributed by atoms with E-state index in [0.717, 1.165) is 24.2 Å². The molecule has 3 rings (SSSR count). The molecule has 1 aliphatic rings. The lowest BCUT2D eigenvalue weighted by Gasteiger charge is -2.32. The van der Waals surface area contributed by atoms with Crippen LogP contribution in [0.25, 0.3) is 0 Å². The molecule has 1 saturated heterocycles. The van der Waals surface area contributed by atoms with Gasteiger partial charge in [0.05, 0.1) is 25.4 Å². The maximum absolute atomic E-state index is 12.5. The average molecular weight is 397 g/mol. The van der Waals surface area contributed by atoms with Gasteiger partial charge in [-0.25, -0.2) is 4.79 Å². The van der Waals surface area contributed by atoms with Crippen LogP contribution in [0.1, 0.15) is 40.7 Å². The summed E-state index contributed by atoms with van der Waals surface area (Å²) in [6.07, 6.45) is 2.47. The van der Waals surface area contributed by atoms with Gasteiger partial charge in [0.1, 0.15) is 5.75 Å². The van der Waals surface area contributed by atoms with Crippen LogP contribution in [0.2, 0.25) is 0 Å². The minimum Gasteiger partial charge on any atom is -0.496 e. The maximum Gasteiger partial charge on any atom is 0.335 e. The van der Waals surface area contributed by atoms with Gasteiger partial charge in [-0.05, 0) is 37.0 Å². The fourth-order valence-corrected chi connectivity index (χ4v) is 3.65. The molecule has 1 fully saturated rings. The van der Waals surface area contributed by atoms with Gasteiger partial charge in [-0.15, -0.1) is 0 Å². The Morgan fingerprint density at radius 2 is 1.69 bits per heavy atom. The third-order valence-electron chi connectivity index (χ3n) is 5.32. The summed E-state index contributed by atoms with van der Waals surface area (Å²) in [5.74, 6) is -0.0730. The number of carbonyl (C=O) groups is 2. The van der Waals surface area contributed by atoms with E-state index in [1.807, 2.05) is 29.2 Å². The fraction of sp³-hybridized carbons (Fsp3) is 0.391. The maximum atomic E-state index is 12.5. The summed E-state index contributed by atoms with van der Waals surface area (Å²) in [6.45, 7) is 1.82. The summed E-state index contributed by atoms with van der Waals surface area (Å²) in [7, 11) is 1.65. The SMILES string of the molecule is COc1ccccc1COC1CCN(C(=O)CCc2ccccc2C(=O)O)CC1. The Bertz CT molecular complexity index is 843. The first-order valence-corrected chi connectivity index (χ1v) is 9.91. The molecule has 1 N–H and O–H groups in total. The summed E-state index contributed by atoms with van der Waals surface area (Å²) < 4.78 is 11.4. The zero-order valence-corrected chi connectivity index (χ0v) is 16.7. The number of aryl methyl sites for hydroxylation is 1. The number of amides is 1. The van der Waals surface area contributed by atoms with Crippen molar-refractivity contribution in [3.63, 3.8) is 0 Å². The molecule has 1 aliphatic heterocycles. The molecule has 0 aromatic heterocycles. The van der Waals surface area contributed by atoms with Gasteiger partial charge in [0.15, 0.2) is 0 Å². The number of methoxy groups -OCH3 is 1. The van der Waals surface area contributed by atoms with Crippen molar-refractivity contribution >= 4 is 11.9 Å². The number of hydrogen-bond donors (Lipinski definition) is 1. The molecular formula is C23H27NO5. The van der Waals surface area contributed by atoms with Gasteiger partial charge in [-0.3, -0.25) is 4.79 Å². The average Bonchev–Trinajstić information content (AvgIpc) is 2.76. The van der Waals surface area contributed by atoms with Crippen LogP contribution < -0.4 is 4.74 Å². The number of para-hydroxylation sites is 1. The quantitative estimate of drug-likeness (QED) is 0.737. The minimum absolute atomic E-state index is 0.0633. The highest BCUT2D eigenvalue weighted by Crippen LogP contribution is 2.22. The lowest BCUT2D eigenvalue weighted by atomic mass is 10.0. The topological polar surface area (TPSA) is 76.1 Å². The first kappa shape index (κ1) is 20.9. The molecule has 0 atom stereocenters. The lowest BCUT2D eigenvalue weighted by Crippen LogP contribution is -2.41. The van der Waals surface area contributed by atoms with Crippen molar-refractivity contribution < 1.29 is 24.2 Å². The second-order valence-corrected chi connectivity index (χ2v) is 7.17. The number of hydrogen-bond acceptors (Lipinski definition) is 4. The van der Waals surface area contributed by atoms with Crippen LogP contribution in [-0.4, -0.2) is 48.2 Å². The van der Waals surface area contributed by atoms with E-state index in [2.05, 4.69) is 0 Å². The summed E-state index contributed by atoms with van der Waals surface area (Å²) in [6, 6.07) is 14.7. The van der Waals surface area contributed by atoms with Gasteiger partial charge >= 0.3 is 5.97 Å². The number of benzene rings is 2. The van der Waals surface area contributed by atoms with Crippen LogP contribution >= 0.6 is 0 Å². The molecule has 0 radical (unpaired) electrons. The molecule has 2 aromatic carbocycles. The molecule has 6 heteroatoms. The minimum atomic E-state index is -0.957. The van der Waals surface area contributed by atoms with Crippen molar-refractivity contribution in [3.05, 3.63) is 65.2 Å². The highest BCUT2D eigenvalue weighted by molar-refractivity contribution is 5.89. The van der Waals surface area contributed by atoms with Gasteiger partial charge in [-0.1, -0.05) is 36.4 Å². The van der Waals surface area contributed by atoms with Gasteiger partial charge in [-0.2, -0.15) is 0 Å². The largest absolute Gasteiger partial charge is 0.496 e. The van der Waals surface area contributed by atoms with Crippen LogP contribution in [0.3, 0.4) is 0 Å². The number of carbonyl (C=O) groups excluding carboxylic acids is 1. The van der Waals surface area contributed by atoms with Gasteiger partial charge in [0.25, 0.3) is 0 Å². The smallest absolute Gasteiger partial charge is 0.335 e. The van der Waals surface area contributed by atoms with E-state index < -0.39 is 5.97 Å². The number of ether oxygens (including phenoxy) is 2. The molecular weight excluding hydrogens is 370 g/mol. The summed E-state index contributed by atoms with van der Waals surface area (Å²) in [4.78, 5) is 25.7. The Morgan fingerprint density at radius 1 is 1.03 bits per heavy atom. The Labute approximate surface area is 171 Å². The summed E-state index contributed by atoms with van der Waals surface area (Å²) in [5.41, 5.74) is 1.98. The Balaban J connectivity index is 1.44. The molecule has 0 spiro atoms. The second-order valence-electron chi connectivity index (χ2n) is 7.17. The first-order valence-electron chi connectivity index (χ1n) is 9.91. The van der Waals surface area contributed by atoms with E-state index in [0.29, 0.717) is 38.1 Å². The molecule has 1 amide bonds. The fourth-order valence-electron chi connectivity index (χ4n) is 3.65. The predicted molar refractivity (Wildman–Crippen MR) is 109 cm³/mol. The van der Waals surface area contributed by atoms with Crippen LogP contribution in [0.15, 0.2) is 48.5 Å². The number of carboxylic acids is 1. The number of piperidine rings is 1. The zero-order chi connectivity index (χ0) is 20.6. The van der Waals surface area contributed by atoms with E-state index in [9.17, 15) is 14.7 Å². The molecule has 1 heterocycles. The van der Waals surface area contributed by atoms with E-state index in [1.54, 1.807) is 31.4 Å². The first-order chi connectivity index (χ1) is 14.1. The molecule has 0 bridgehead atoms. The number of aromatic carboxylic acids is 1. The predicted octanol–water partition coefficient (Wildman–Crippen LogP) is 3.53. The molecule has 0 unspecified atom stereocenters. The van der Waals surface area contributed by atoms with E-state index >= 15 is 0 Å². The standard InChI is InChI=1S/C23H27NO5/c1-28-21-9-5-3-7-18(21)16-29-19-12-14-24(15-13-19)22(25)11-10-17-6-2-4-8-20(17)23(26)27/h2-9,19H,10-16H2,1H3,(H,26,27). The molecule has 6 nitrogen and oxygen atoms in total. The molecule has 154 valence electrons. The van der Waals surface area contributed by atoms with Gasteiger partial charge in [0, 0.05) is 25.1 Å². The molecule has 0 saturated carbocycles. The third-order valence-corrected chi connectivity index (χ3v) is 5.32. The van der Waals surface area contributed by atoms with Crippen molar-refractivity contribution in [1.82, 2.24) is 4.90 Å². The van der Waals surface area contributed by atoms with Gasteiger partial charge in [0.2, 0.25) is 5.91 Å². The summed E-state index contributed by atoms with van der Waals surface area (Å²) >= 11 is 0. The molecule has 29 heavy (non-hydrogen) atoms. The molecule has 2 aromatic rings. The lowest BCUT2D eigenvalue weighted by molar-refractivity contribution is -0.134. The normalized spacial score (nSPS) is 14.6. The second kappa shape index (κ2) is 10.1. The third kappa shape index (κ3) is 5.57. The number of carboxylic acid groups (broad SMARTS) is 1. The van der Waals surface area contributed by atoms with Crippen LogP contribution in [0.4, 0.5) is 0 Å². The van der Waals surface area contributed by atoms with E-state index in [-0.39, 0.29) is 17.6 Å². The highest BCUT2D eigenvalue weighted by Gasteiger charge is 2.23. The van der Waals surface area contributed by atoms with Crippen LogP contribution in [0, 0.1) is 0 Å². The number of nitrogens with zero attached hydrogens (tertiary/aromatic N) is 1. The number of rotatable bonds is 8. The van der Waals surface area contributed by atoms with Crippen LogP contribution in [-0.2, 0) is 22.6 Å². The van der Waals surface area contributed by atoms with Crippen LogP contribution in [0.5, 0.6) is 5.75 Å². The van der Waals surface area contributed by atoms with Crippen molar-refractivity contribution in [1.29, 1.82) is 0 Å². The van der Waals surface area contributed by atoms with Crippen molar-refractivity contribution in [2.24, 2.45) is 0 Å². The Kier molecular flexibility index (Phi) is 7.25. The van der Waals surface area contributed by atoms with Crippen molar-refractivity contribution in [3.8, 4) is 5.75 Å². The monoisotopic (exact) mass is 397 g/mol. The van der Waals surface area contributed by atoms with Gasteiger partial charge < -0.3 is 19.5 Å². The zero-order valence-electron chi connectivity index (χ0n) is 16.7. The van der Waals surface area contributed by atoms with E-state index in [4.69, 9.17) is 9.47 Å². The van der Waals surface area contributed by atoms with Crippen molar-refractivity contribution in [2.75, 3.05) is 20.2 Å². The highest BCUT2D eigenvalue weighted by atomic mass is 16.5. The number of likely N-dealkylation sites (tertiary alicyclic amines) is 1. The molecule has 0 aliphatic carbocycles. The van der Waals surface area contributed by atoms with E-state index in [1.165, 1.54) is 0 Å². The Hall–Kier alpha value is -2.86. The van der Waals surface area contributed by atoms with Crippen molar-refractivity contribution in [2.45, 2.75) is 38.4 Å². The Morgan fingerprint density at radius 3 is 2.38 bits per heavy atom. The summed E-state index contributed by atoms with van der Waals surface area (Å²) in [5, 5.41) is 9.26.